The van der Waals surface area contributed by atoms with Crippen LogP contribution in [0, 0.1) is 12.8 Å². The fourth-order valence-corrected chi connectivity index (χ4v) is 4.80. The van der Waals surface area contributed by atoms with Crippen molar-refractivity contribution in [2.45, 2.75) is 13.3 Å². The molecule has 1 aliphatic heterocycles. The summed E-state index contributed by atoms with van der Waals surface area (Å²) in [6, 6.07) is 13.4. The van der Waals surface area contributed by atoms with Gasteiger partial charge in [-0.2, -0.15) is 0 Å². The summed E-state index contributed by atoms with van der Waals surface area (Å²) < 4.78 is 22.9. The second kappa shape index (κ2) is 6.73. The topological polar surface area (TPSA) is 76.1 Å². The van der Waals surface area contributed by atoms with E-state index in [1.165, 1.54) is 0 Å². The Kier molecular flexibility index (Phi) is 4.66. The number of hydrogen-bond acceptors (Lipinski definition) is 4. The molecule has 1 aromatic heterocycles. The SMILES string of the molecule is Cc1nc(-c2ccccc2)ccc1C(=O)NC[C@@H]1CCS(=O)(=O)C1. The van der Waals surface area contributed by atoms with Crippen molar-refractivity contribution < 1.29 is 13.2 Å². The molecule has 2 aromatic rings. The lowest BCUT2D eigenvalue weighted by molar-refractivity contribution is 0.0947. The molecule has 1 saturated heterocycles. The van der Waals surface area contributed by atoms with Gasteiger partial charge < -0.3 is 5.32 Å². The van der Waals surface area contributed by atoms with Gasteiger partial charge in [0.15, 0.2) is 9.84 Å². The fraction of sp³-hybridized carbons (Fsp3) is 0.333. The molecule has 0 saturated carbocycles. The molecule has 2 heterocycles. The zero-order valence-corrected chi connectivity index (χ0v) is 14.3. The van der Waals surface area contributed by atoms with E-state index in [4.69, 9.17) is 0 Å². The number of aryl methyl sites for hydroxylation is 1. The Balaban J connectivity index is 1.67. The van der Waals surface area contributed by atoms with Gasteiger partial charge in [-0.25, -0.2) is 8.42 Å². The number of nitrogens with one attached hydrogen (secondary N) is 1. The first-order valence-corrected chi connectivity index (χ1v) is 9.78. The average Bonchev–Trinajstić information content (AvgIpc) is 2.92. The van der Waals surface area contributed by atoms with E-state index in [0.717, 1.165) is 11.3 Å². The lowest BCUT2D eigenvalue weighted by atomic mass is 10.1. The van der Waals surface area contributed by atoms with Gasteiger partial charge in [0.25, 0.3) is 5.91 Å². The molecule has 0 unspecified atom stereocenters. The summed E-state index contributed by atoms with van der Waals surface area (Å²) >= 11 is 0. The third-order valence-corrected chi connectivity index (χ3v) is 6.12. The van der Waals surface area contributed by atoms with Crippen molar-refractivity contribution >= 4 is 15.7 Å². The number of carbonyl (C=O) groups is 1. The van der Waals surface area contributed by atoms with Crippen molar-refractivity contribution in [1.29, 1.82) is 0 Å². The smallest absolute Gasteiger partial charge is 0.253 e. The highest BCUT2D eigenvalue weighted by Crippen LogP contribution is 2.20. The van der Waals surface area contributed by atoms with Gasteiger partial charge in [0.1, 0.15) is 0 Å². The molecule has 24 heavy (non-hydrogen) atoms. The van der Waals surface area contributed by atoms with Crippen molar-refractivity contribution in [1.82, 2.24) is 10.3 Å². The van der Waals surface area contributed by atoms with Crippen LogP contribution < -0.4 is 5.32 Å². The van der Waals surface area contributed by atoms with Crippen molar-refractivity contribution in [3.8, 4) is 11.3 Å². The molecule has 1 amide bonds. The molecule has 0 aliphatic carbocycles. The number of hydrogen-bond donors (Lipinski definition) is 1. The summed E-state index contributed by atoms with van der Waals surface area (Å²) in [4.78, 5) is 16.8. The van der Waals surface area contributed by atoms with Gasteiger partial charge in [-0.15, -0.1) is 0 Å². The number of nitrogens with zero attached hydrogens (tertiary/aromatic N) is 1. The maximum atomic E-state index is 12.3. The highest BCUT2D eigenvalue weighted by atomic mass is 32.2. The number of sulfone groups is 1. The zero-order valence-electron chi connectivity index (χ0n) is 13.5. The monoisotopic (exact) mass is 344 g/mol. The van der Waals surface area contributed by atoms with Crippen molar-refractivity contribution in [2.24, 2.45) is 5.92 Å². The molecule has 0 radical (unpaired) electrons. The third kappa shape index (κ3) is 3.82. The largest absolute Gasteiger partial charge is 0.352 e. The molecular formula is C18H20N2O3S. The van der Waals surface area contributed by atoms with Crippen LogP contribution in [0.1, 0.15) is 22.5 Å². The van der Waals surface area contributed by atoms with Crippen LogP contribution in [0.25, 0.3) is 11.3 Å². The van der Waals surface area contributed by atoms with Crippen LogP contribution in [-0.4, -0.2) is 37.4 Å². The Morgan fingerprint density at radius 1 is 1.21 bits per heavy atom. The zero-order chi connectivity index (χ0) is 17.2. The number of benzene rings is 1. The molecule has 3 rings (SSSR count). The first-order valence-electron chi connectivity index (χ1n) is 7.96. The molecule has 1 aromatic carbocycles. The number of aromatic nitrogens is 1. The van der Waals surface area contributed by atoms with E-state index in [1.807, 2.05) is 36.4 Å². The molecule has 6 heteroatoms. The normalized spacial score (nSPS) is 19.1. The molecule has 1 fully saturated rings. The molecular weight excluding hydrogens is 324 g/mol. The van der Waals surface area contributed by atoms with Gasteiger partial charge >= 0.3 is 0 Å². The Bertz CT molecular complexity index is 848. The third-order valence-electron chi connectivity index (χ3n) is 4.28. The summed E-state index contributed by atoms with van der Waals surface area (Å²) in [6.45, 7) is 2.19. The summed E-state index contributed by atoms with van der Waals surface area (Å²) in [7, 11) is -2.92. The molecule has 1 N–H and O–H groups in total. The van der Waals surface area contributed by atoms with Crippen LogP contribution in [-0.2, 0) is 9.84 Å². The maximum Gasteiger partial charge on any atom is 0.253 e. The number of rotatable bonds is 4. The first kappa shape index (κ1) is 16.6. The lowest BCUT2D eigenvalue weighted by Crippen LogP contribution is -2.30. The van der Waals surface area contributed by atoms with Crippen LogP contribution in [0.3, 0.4) is 0 Å². The number of pyridine rings is 1. The predicted octanol–water partition coefficient (Wildman–Crippen LogP) is 2.22. The summed E-state index contributed by atoms with van der Waals surface area (Å²) in [5, 5.41) is 2.84. The molecule has 0 spiro atoms. The van der Waals surface area contributed by atoms with Gasteiger partial charge in [-0.05, 0) is 31.4 Å². The van der Waals surface area contributed by atoms with Crippen LogP contribution in [0.4, 0.5) is 0 Å². The second-order valence-electron chi connectivity index (χ2n) is 6.17. The van der Waals surface area contributed by atoms with E-state index < -0.39 is 9.84 Å². The minimum Gasteiger partial charge on any atom is -0.352 e. The second-order valence-corrected chi connectivity index (χ2v) is 8.40. The fourth-order valence-electron chi connectivity index (χ4n) is 2.94. The maximum absolute atomic E-state index is 12.3. The van der Waals surface area contributed by atoms with Gasteiger partial charge in [0, 0.05) is 12.1 Å². The summed E-state index contributed by atoms with van der Waals surface area (Å²) in [6.07, 6.45) is 0.618. The van der Waals surface area contributed by atoms with Gasteiger partial charge in [-0.1, -0.05) is 30.3 Å². The van der Waals surface area contributed by atoms with Crippen LogP contribution >= 0.6 is 0 Å². The number of carbonyl (C=O) groups excluding carboxylic acids is 1. The van der Waals surface area contributed by atoms with Crippen LogP contribution in [0.5, 0.6) is 0 Å². The van der Waals surface area contributed by atoms with Gasteiger partial charge in [-0.3, -0.25) is 9.78 Å². The highest BCUT2D eigenvalue weighted by molar-refractivity contribution is 7.91. The van der Waals surface area contributed by atoms with Gasteiger partial charge in [0.2, 0.25) is 0 Å². The van der Waals surface area contributed by atoms with Crippen molar-refractivity contribution in [2.75, 3.05) is 18.1 Å². The average molecular weight is 344 g/mol. The summed E-state index contributed by atoms with van der Waals surface area (Å²) in [5.41, 5.74) is 3.01. The molecule has 5 nitrogen and oxygen atoms in total. The Hall–Kier alpha value is -2.21. The van der Waals surface area contributed by atoms with E-state index in [0.29, 0.717) is 24.2 Å². The number of amides is 1. The van der Waals surface area contributed by atoms with E-state index in [1.54, 1.807) is 13.0 Å². The van der Waals surface area contributed by atoms with Gasteiger partial charge in [0.05, 0.1) is 28.5 Å². The molecule has 1 atom stereocenters. The van der Waals surface area contributed by atoms with Crippen LogP contribution in [0.15, 0.2) is 42.5 Å². The lowest BCUT2D eigenvalue weighted by Gasteiger charge is -2.11. The van der Waals surface area contributed by atoms with E-state index >= 15 is 0 Å². The minimum absolute atomic E-state index is 0.0100. The van der Waals surface area contributed by atoms with Crippen LogP contribution in [0.2, 0.25) is 0 Å². The highest BCUT2D eigenvalue weighted by Gasteiger charge is 2.28. The Morgan fingerprint density at radius 3 is 2.58 bits per heavy atom. The standard InChI is InChI=1S/C18H20N2O3S/c1-13-16(7-8-17(20-13)15-5-3-2-4-6-15)18(21)19-11-14-9-10-24(22,23)12-14/h2-8,14H,9-12H2,1H3,(H,19,21)/t14-/m0/s1. The molecule has 1 aliphatic rings. The quantitative estimate of drug-likeness (QED) is 0.923. The van der Waals surface area contributed by atoms with E-state index in [2.05, 4.69) is 10.3 Å². The van der Waals surface area contributed by atoms with E-state index in [-0.39, 0.29) is 23.3 Å². The predicted molar refractivity (Wildman–Crippen MR) is 93.5 cm³/mol. The van der Waals surface area contributed by atoms with Crippen molar-refractivity contribution in [3.63, 3.8) is 0 Å². The summed E-state index contributed by atoms with van der Waals surface area (Å²) in [5.74, 6) is 0.192. The Morgan fingerprint density at radius 2 is 1.96 bits per heavy atom. The van der Waals surface area contributed by atoms with E-state index in [9.17, 15) is 13.2 Å². The molecule has 0 bridgehead atoms. The minimum atomic E-state index is -2.92. The Labute approximate surface area is 142 Å². The first-order chi connectivity index (χ1) is 11.4. The van der Waals surface area contributed by atoms with Crippen molar-refractivity contribution in [3.05, 3.63) is 53.7 Å². The molecule has 126 valence electrons.